The topological polar surface area (TPSA) is 72.9 Å². The third kappa shape index (κ3) is 1.75. The summed E-state index contributed by atoms with van der Waals surface area (Å²) in [6.45, 7) is 3.08. The van der Waals surface area contributed by atoms with Crippen molar-refractivity contribution >= 4 is 12.0 Å². The molecule has 2 heterocycles. The van der Waals surface area contributed by atoms with Gasteiger partial charge in [0.15, 0.2) is 0 Å². The molecule has 6 heteroatoms. The monoisotopic (exact) mass is 253 g/mol. The first-order chi connectivity index (χ1) is 8.68. The molecule has 18 heavy (non-hydrogen) atoms. The highest BCUT2D eigenvalue weighted by atomic mass is 16.4. The standard InChI is InChI=1S/C12H19N3O3/c16-11(17)9-2-1-3-10(9)15-7-8-6-13-4-5-14(8)12(15)18/h8-10,13H,1-7H2,(H,16,17)/t8?,9-,10?/m1/s1. The van der Waals surface area contributed by atoms with E-state index >= 15 is 0 Å². The van der Waals surface area contributed by atoms with Gasteiger partial charge in [0.05, 0.1) is 12.0 Å². The first kappa shape index (κ1) is 11.8. The van der Waals surface area contributed by atoms with Gasteiger partial charge in [0.1, 0.15) is 0 Å². The molecule has 2 amide bonds. The first-order valence-electron chi connectivity index (χ1n) is 6.69. The molecular weight excluding hydrogens is 234 g/mol. The number of nitrogens with one attached hydrogen (secondary N) is 1. The molecule has 2 aliphatic heterocycles. The van der Waals surface area contributed by atoms with Crippen molar-refractivity contribution in [2.45, 2.75) is 31.3 Å². The van der Waals surface area contributed by atoms with Crippen LogP contribution in [0.4, 0.5) is 4.79 Å². The van der Waals surface area contributed by atoms with Crippen LogP contribution in [0.5, 0.6) is 0 Å². The van der Waals surface area contributed by atoms with Crippen LogP contribution < -0.4 is 5.32 Å². The number of piperazine rings is 1. The number of aliphatic carboxylic acids is 1. The second-order valence-electron chi connectivity index (χ2n) is 5.43. The van der Waals surface area contributed by atoms with Gasteiger partial charge in [-0.3, -0.25) is 4.79 Å². The minimum atomic E-state index is -0.756. The Kier molecular flexibility index (Phi) is 2.89. The van der Waals surface area contributed by atoms with Gasteiger partial charge < -0.3 is 20.2 Å². The van der Waals surface area contributed by atoms with E-state index in [1.807, 2.05) is 9.80 Å². The van der Waals surface area contributed by atoms with Gasteiger partial charge in [0, 0.05) is 32.2 Å². The van der Waals surface area contributed by atoms with Crippen LogP contribution >= 0.6 is 0 Å². The summed E-state index contributed by atoms with van der Waals surface area (Å²) in [6, 6.07) is 0.168. The average Bonchev–Trinajstić information content (AvgIpc) is 2.94. The Hall–Kier alpha value is -1.30. The Morgan fingerprint density at radius 2 is 2.17 bits per heavy atom. The Morgan fingerprint density at radius 1 is 1.33 bits per heavy atom. The van der Waals surface area contributed by atoms with Crippen LogP contribution in [0.3, 0.4) is 0 Å². The summed E-state index contributed by atoms with van der Waals surface area (Å²) in [5.74, 6) is -1.13. The minimum Gasteiger partial charge on any atom is -0.481 e. The van der Waals surface area contributed by atoms with E-state index in [4.69, 9.17) is 0 Å². The molecule has 3 atom stereocenters. The van der Waals surface area contributed by atoms with Gasteiger partial charge in [-0.25, -0.2) is 4.79 Å². The third-order valence-electron chi connectivity index (χ3n) is 4.45. The number of carbonyl (C=O) groups excluding carboxylic acids is 1. The average molecular weight is 253 g/mol. The highest BCUT2D eigenvalue weighted by molar-refractivity contribution is 5.79. The molecule has 100 valence electrons. The van der Waals surface area contributed by atoms with Crippen molar-refractivity contribution in [3.05, 3.63) is 0 Å². The van der Waals surface area contributed by atoms with Crippen molar-refractivity contribution in [1.29, 1.82) is 0 Å². The number of carboxylic acids is 1. The summed E-state index contributed by atoms with van der Waals surface area (Å²) in [7, 11) is 0. The van der Waals surface area contributed by atoms with Crippen molar-refractivity contribution in [3.63, 3.8) is 0 Å². The van der Waals surface area contributed by atoms with Crippen molar-refractivity contribution in [3.8, 4) is 0 Å². The lowest BCUT2D eigenvalue weighted by molar-refractivity contribution is -0.142. The quantitative estimate of drug-likeness (QED) is 0.723. The Bertz CT molecular complexity index is 374. The SMILES string of the molecule is O=C(O)[C@@H]1CCCC1N1CC2CNCCN2C1=O. The zero-order valence-corrected chi connectivity index (χ0v) is 10.3. The Balaban J connectivity index is 1.76. The molecule has 3 rings (SSSR count). The summed E-state index contributed by atoms with van der Waals surface area (Å²) in [4.78, 5) is 27.3. The van der Waals surface area contributed by atoms with E-state index in [-0.39, 0.29) is 24.0 Å². The molecule has 0 spiro atoms. The van der Waals surface area contributed by atoms with E-state index in [0.29, 0.717) is 13.0 Å². The van der Waals surface area contributed by atoms with Crippen molar-refractivity contribution in [2.24, 2.45) is 5.92 Å². The van der Waals surface area contributed by atoms with Crippen LogP contribution in [0.25, 0.3) is 0 Å². The van der Waals surface area contributed by atoms with Crippen LogP contribution in [0, 0.1) is 5.92 Å². The van der Waals surface area contributed by atoms with E-state index in [0.717, 1.165) is 32.5 Å². The van der Waals surface area contributed by atoms with Crippen LogP contribution in [0.1, 0.15) is 19.3 Å². The molecule has 3 fully saturated rings. The van der Waals surface area contributed by atoms with Gasteiger partial charge in [-0.05, 0) is 12.8 Å². The Morgan fingerprint density at radius 3 is 2.89 bits per heavy atom. The molecule has 0 aromatic heterocycles. The van der Waals surface area contributed by atoms with Crippen LogP contribution in [-0.4, -0.2) is 65.2 Å². The molecule has 2 saturated heterocycles. The van der Waals surface area contributed by atoms with Crippen molar-refractivity contribution < 1.29 is 14.7 Å². The molecule has 1 saturated carbocycles. The van der Waals surface area contributed by atoms with Crippen molar-refractivity contribution in [2.75, 3.05) is 26.2 Å². The lowest BCUT2D eigenvalue weighted by Gasteiger charge is -2.29. The fourth-order valence-corrected chi connectivity index (χ4v) is 3.52. The lowest BCUT2D eigenvalue weighted by atomic mass is 10.0. The normalized spacial score (nSPS) is 36.0. The Labute approximate surface area is 106 Å². The number of urea groups is 1. The molecule has 2 N–H and O–H groups in total. The minimum absolute atomic E-state index is 0.0413. The van der Waals surface area contributed by atoms with Gasteiger partial charge in [0.25, 0.3) is 0 Å². The maximum atomic E-state index is 12.3. The predicted molar refractivity (Wildman–Crippen MR) is 64.2 cm³/mol. The molecule has 6 nitrogen and oxygen atoms in total. The van der Waals surface area contributed by atoms with Crippen LogP contribution in [0.15, 0.2) is 0 Å². The van der Waals surface area contributed by atoms with E-state index in [1.54, 1.807) is 0 Å². The highest BCUT2D eigenvalue weighted by Gasteiger charge is 2.46. The first-order valence-corrected chi connectivity index (χ1v) is 6.69. The second kappa shape index (κ2) is 4.42. The number of amides is 2. The van der Waals surface area contributed by atoms with Crippen molar-refractivity contribution in [1.82, 2.24) is 15.1 Å². The lowest BCUT2D eigenvalue weighted by Crippen LogP contribution is -2.50. The summed E-state index contributed by atoms with van der Waals surface area (Å²) in [6.07, 6.45) is 2.44. The van der Waals surface area contributed by atoms with Gasteiger partial charge in [-0.2, -0.15) is 0 Å². The summed E-state index contributed by atoms with van der Waals surface area (Å²) in [5, 5.41) is 12.5. The van der Waals surface area contributed by atoms with E-state index in [2.05, 4.69) is 5.32 Å². The second-order valence-corrected chi connectivity index (χ2v) is 5.43. The van der Waals surface area contributed by atoms with Gasteiger partial charge in [-0.15, -0.1) is 0 Å². The number of carboxylic acid groups (broad SMARTS) is 1. The van der Waals surface area contributed by atoms with E-state index < -0.39 is 5.97 Å². The zero-order chi connectivity index (χ0) is 12.7. The maximum Gasteiger partial charge on any atom is 0.320 e. The summed E-state index contributed by atoms with van der Waals surface area (Å²) >= 11 is 0. The fourth-order valence-electron chi connectivity index (χ4n) is 3.52. The number of rotatable bonds is 2. The molecule has 2 unspecified atom stereocenters. The number of fused-ring (bicyclic) bond motifs is 1. The molecule has 3 aliphatic rings. The molecule has 0 aromatic carbocycles. The number of hydrogen-bond acceptors (Lipinski definition) is 3. The maximum absolute atomic E-state index is 12.3. The number of carbonyl (C=O) groups is 2. The zero-order valence-electron chi connectivity index (χ0n) is 10.3. The van der Waals surface area contributed by atoms with Crippen LogP contribution in [-0.2, 0) is 4.79 Å². The summed E-state index contributed by atoms with van der Waals surface area (Å²) < 4.78 is 0. The van der Waals surface area contributed by atoms with Crippen LogP contribution in [0.2, 0.25) is 0 Å². The van der Waals surface area contributed by atoms with E-state index in [1.165, 1.54) is 0 Å². The largest absolute Gasteiger partial charge is 0.481 e. The van der Waals surface area contributed by atoms with Gasteiger partial charge in [-0.1, -0.05) is 6.42 Å². The highest BCUT2D eigenvalue weighted by Crippen LogP contribution is 2.33. The van der Waals surface area contributed by atoms with E-state index in [9.17, 15) is 14.7 Å². The summed E-state index contributed by atoms with van der Waals surface area (Å²) in [5.41, 5.74) is 0. The predicted octanol–water partition coefficient (Wildman–Crippen LogP) is -0.0509. The molecule has 1 aliphatic carbocycles. The van der Waals surface area contributed by atoms with Gasteiger partial charge >= 0.3 is 12.0 Å². The molecular formula is C12H19N3O3. The fraction of sp³-hybridized carbons (Fsp3) is 0.833. The smallest absolute Gasteiger partial charge is 0.320 e. The number of nitrogens with zero attached hydrogens (tertiary/aromatic N) is 2. The molecule has 0 bridgehead atoms. The van der Waals surface area contributed by atoms with Gasteiger partial charge in [0.2, 0.25) is 0 Å². The number of hydrogen-bond donors (Lipinski definition) is 2. The molecule has 0 radical (unpaired) electrons. The molecule has 0 aromatic rings. The third-order valence-corrected chi connectivity index (χ3v) is 4.45.